The third-order valence-corrected chi connectivity index (χ3v) is 4.16. The maximum Gasteiger partial charge on any atom is 0.127 e. The SMILES string of the molecule is Cc1ccc(N(C)CC2(C=O)CCCC2)c(C)c1. The highest BCUT2D eigenvalue weighted by Gasteiger charge is 2.34. The Morgan fingerprint density at radius 1 is 1.28 bits per heavy atom. The van der Waals surface area contributed by atoms with E-state index in [1.54, 1.807) is 0 Å². The summed E-state index contributed by atoms with van der Waals surface area (Å²) in [6.45, 7) is 5.10. The van der Waals surface area contributed by atoms with Gasteiger partial charge in [0, 0.05) is 24.7 Å². The Labute approximate surface area is 110 Å². The maximum absolute atomic E-state index is 11.4. The van der Waals surface area contributed by atoms with Crippen LogP contribution in [-0.4, -0.2) is 19.9 Å². The molecule has 0 heterocycles. The summed E-state index contributed by atoms with van der Waals surface area (Å²) in [5.74, 6) is 0. The van der Waals surface area contributed by atoms with E-state index in [1.165, 1.54) is 35.9 Å². The number of rotatable bonds is 4. The Balaban J connectivity index is 2.16. The molecule has 0 radical (unpaired) electrons. The van der Waals surface area contributed by atoms with E-state index in [2.05, 4.69) is 44.0 Å². The van der Waals surface area contributed by atoms with Crippen LogP contribution in [0.15, 0.2) is 18.2 Å². The van der Waals surface area contributed by atoms with Crippen molar-refractivity contribution >= 4 is 12.0 Å². The molecule has 0 unspecified atom stereocenters. The fourth-order valence-electron chi connectivity index (χ4n) is 3.18. The maximum atomic E-state index is 11.4. The molecule has 1 aromatic rings. The van der Waals surface area contributed by atoms with Crippen molar-refractivity contribution in [1.82, 2.24) is 0 Å². The summed E-state index contributed by atoms with van der Waals surface area (Å²) in [5, 5.41) is 0. The molecule has 18 heavy (non-hydrogen) atoms. The Morgan fingerprint density at radius 3 is 2.50 bits per heavy atom. The molecular weight excluding hydrogens is 222 g/mol. The summed E-state index contributed by atoms with van der Waals surface area (Å²) in [6, 6.07) is 6.51. The molecule has 1 aliphatic carbocycles. The third-order valence-electron chi connectivity index (χ3n) is 4.16. The highest BCUT2D eigenvalue weighted by molar-refractivity contribution is 5.63. The summed E-state index contributed by atoms with van der Waals surface area (Å²) >= 11 is 0. The van der Waals surface area contributed by atoms with Gasteiger partial charge in [0.05, 0.1) is 0 Å². The second kappa shape index (κ2) is 5.13. The van der Waals surface area contributed by atoms with Crippen LogP contribution in [0.3, 0.4) is 0 Å². The summed E-state index contributed by atoms with van der Waals surface area (Å²) in [6.07, 6.45) is 5.68. The minimum absolute atomic E-state index is 0.105. The molecule has 0 aromatic heterocycles. The highest BCUT2D eigenvalue weighted by atomic mass is 16.1. The zero-order valence-corrected chi connectivity index (χ0v) is 11.7. The van der Waals surface area contributed by atoms with Gasteiger partial charge in [-0.25, -0.2) is 0 Å². The number of anilines is 1. The predicted molar refractivity (Wildman–Crippen MR) is 76.2 cm³/mol. The van der Waals surface area contributed by atoms with Crippen molar-refractivity contribution in [2.24, 2.45) is 5.41 Å². The first-order valence-electron chi connectivity index (χ1n) is 6.81. The molecule has 0 atom stereocenters. The van der Waals surface area contributed by atoms with Gasteiger partial charge in [0.2, 0.25) is 0 Å². The van der Waals surface area contributed by atoms with Crippen LogP contribution in [-0.2, 0) is 4.79 Å². The Kier molecular flexibility index (Phi) is 3.74. The van der Waals surface area contributed by atoms with Crippen molar-refractivity contribution in [3.8, 4) is 0 Å². The molecule has 98 valence electrons. The lowest BCUT2D eigenvalue weighted by molar-refractivity contribution is -0.115. The molecule has 0 bridgehead atoms. The van der Waals surface area contributed by atoms with Crippen LogP contribution in [0.2, 0.25) is 0 Å². The van der Waals surface area contributed by atoms with E-state index < -0.39 is 0 Å². The van der Waals surface area contributed by atoms with Gasteiger partial charge >= 0.3 is 0 Å². The van der Waals surface area contributed by atoms with Crippen molar-refractivity contribution in [3.63, 3.8) is 0 Å². The van der Waals surface area contributed by atoms with Gasteiger partial charge in [-0.1, -0.05) is 30.5 Å². The van der Waals surface area contributed by atoms with Gasteiger partial charge in [-0.05, 0) is 38.3 Å². The van der Waals surface area contributed by atoms with Crippen molar-refractivity contribution in [2.45, 2.75) is 39.5 Å². The van der Waals surface area contributed by atoms with Crippen LogP contribution < -0.4 is 4.90 Å². The minimum Gasteiger partial charge on any atom is -0.373 e. The second-order valence-electron chi connectivity index (χ2n) is 5.83. The number of hydrogen-bond acceptors (Lipinski definition) is 2. The average Bonchev–Trinajstić information content (AvgIpc) is 2.78. The molecule has 2 heteroatoms. The number of aryl methyl sites for hydroxylation is 2. The molecule has 1 aliphatic rings. The fraction of sp³-hybridized carbons (Fsp3) is 0.562. The lowest BCUT2D eigenvalue weighted by Crippen LogP contribution is -2.35. The quantitative estimate of drug-likeness (QED) is 0.757. The molecular formula is C16H23NO. The minimum atomic E-state index is -0.105. The fourth-order valence-corrected chi connectivity index (χ4v) is 3.18. The number of aldehydes is 1. The number of benzene rings is 1. The molecule has 1 aromatic carbocycles. The van der Waals surface area contributed by atoms with E-state index in [-0.39, 0.29) is 5.41 Å². The van der Waals surface area contributed by atoms with E-state index in [4.69, 9.17) is 0 Å². The van der Waals surface area contributed by atoms with E-state index >= 15 is 0 Å². The predicted octanol–water partition coefficient (Wildman–Crippen LogP) is 3.50. The molecule has 0 amide bonds. The monoisotopic (exact) mass is 245 g/mol. The number of nitrogens with zero attached hydrogens (tertiary/aromatic N) is 1. The van der Waals surface area contributed by atoms with Crippen LogP contribution in [0.4, 0.5) is 5.69 Å². The van der Waals surface area contributed by atoms with Crippen molar-refractivity contribution in [3.05, 3.63) is 29.3 Å². The van der Waals surface area contributed by atoms with Crippen LogP contribution >= 0.6 is 0 Å². The Morgan fingerprint density at radius 2 is 1.94 bits per heavy atom. The molecule has 1 fully saturated rings. The van der Waals surface area contributed by atoms with Gasteiger partial charge in [-0.2, -0.15) is 0 Å². The average molecular weight is 245 g/mol. The van der Waals surface area contributed by atoms with Gasteiger partial charge in [0.1, 0.15) is 6.29 Å². The van der Waals surface area contributed by atoms with Gasteiger partial charge in [-0.15, -0.1) is 0 Å². The Hall–Kier alpha value is -1.31. The molecule has 1 saturated carbocycles. The van der Waals surface area contributed by atoms with Crippen molar-refractivity contribution < 1.29 is 4.79 Å². The van der Waals surface area contributed by atoms with Crippen LogP contribution in [0.25, 0.3) is 0 Å². The number of hydrogen-bond donors (Lipinski definition) is 0. The summed E-state index contributed by atoms with van der Waals surface area (Å²) in [4.78, 5) is 13.7. The molecule has 0 aliphatic heterocycles. The molecule has 2 nitrogen and oxygen atoms in total. The smallest absolute Gasteiger partial charge is 0.127 e. The Bertz CT molecular complexity index is 433. The van der Waals surface area contributed by atoms with E-state index in [0.717, 1.165) is 19.4 Å². The topological polar surface area (TPSA) is 20.3 Å². The molecule has 0 N–H and O–H groups in total. The van der Waals surface area contributed by atoms with Crippen molar-refractivity contribution in [1.29, 1.82) is 0 Å². The van der Waals surface area contributed by atoms with Gasteiger partial charge in [0.15, 0.2) is 0 Å². The first-order chi connectivity index (χ1) is 8.56. The van der Waals surface area contributed by atoms with Gasteiger partial charge < -0.3 is 9.69 Å². The highest BCUT2D eigenvalue weighted by Crippen LogP contribution is 2.37. The first-order valence-corrected chi connectivity index (χ1v) is 6.81. The molecule has 2 rings (SSSR count). The standard InChI is InChI=1S/C16H23NO/c1-13-6-7-15(14(2)10-13)17(3)11-16(12-18)8-4-5-9-16/h6-7,10,12H,4-5,8-9,11H2,1-3H3. The largest absolute Gasteiger partial charge is 0.373 e. The lowest BCUT2D eigenvalue weighted by atomic mass is 9.87. The third kappa shape index (κ3) is 2.58. The lowest BCUT2D eigenvalue weighted by Gasteiger charge is -2.31. The van der Waals surface area contributed by atoms with E-state index in [1.807, 2.05) is 0 Å². The normalized spacial score (nSPS) is 17.7. The second-order valence-corrected chi connectivity index (χ2v) is 5.83. The van der Waals surface area contributed by atoms with Crippen LogP contribution in [0.5, 0.6) is 0 Å². The zero-order chi connectivity index (χ0) is 13.2. The van der Waals surface area contributed by atoms with Gasteiger partial charge in [-0.3, -0.25) is 0 Å². The number of carbonyl (C=O) groups excluding carboxylic acids is 1. The van der Waals surface area contributed by atoms with Gasteiger partial charge in [0.25, 0.3) is 0 Å². The molecule has 0 saturated heterocycles. The van der Waals surface area contributed by atoms with Crippen molar-refractivity contribution in [2.75, 3.05) is 18.5 Å². The van der Waals surface area contributed by atoms with E-state index in [0.29, 0.717) is 0 Å². The summed E-state index contributed by atoms with van der Waals surface area (Å²) in [7, 11) is 2.10. The van der Waals surface area contributed by atoms with Crippen LogP contribution in [0.1, 0.15) is 36.8 Å². The first kappa shape index (κ1) is 13.1. The summed E-state index contributed by atoms with van der Waals surface area (Å²) < 4.78 is 0. The van der Waals surface area contributed by atoms with E-state index in [9.17, 15) is 4.79 Å². The number of carbonyl (C=O) groups is 1. The van der Waals surface area contributed by atoms with Crippen LogP contribution in [0, 0.1) is 19.3 Å². The summed E-state index contributed by atoms with van der Waals surface area (Å²) in [5.41, 5.74) is 3.72. The molecule has 0 spiro atoms. The zero-order valence-electron chi connectivity index (χ0n) is 11.7.